The first-order valence-electron chi connectivity index (χ1n) is 39.5. The summed E-state index contributed by atoms with van der Waals surface area (Å²) >= 11 is 0. The third kappa shape index (κ3) is 30.1. The molecule has 6 aliphatic rings. The molecule has 0 saturated heterocycles. The summed E-state index contributed by atoms with van der Waals surface area (Å²) in [5.41, 5.74) is -1.54. The molecule has 0 N–H and O–H groups in total. The van der Waals surface area contributed by atoms with E-state index in [9.17, 15) is 28.8 Å². The van der Waals surface area contributed by atoms with Gasteiger partial charge in [-0.05, 0) is 266 Å². The van der Waals surface area contributed by atoms with Crippen LogP contribution >= 0.6 is 0 Å². The minimum atomic E-state index is -0.365. The Labute approximate surface area is 579 Å². The number of hydrogen-bond donors (Lipinski definition) is 0. The molecule has 0 bridgehead atoms. The summed E-state index contributed by atoms with van der Waals surface area (Å²) in [6, 6.07) is 0. The monoisotopic (exact) mass is 1330 g/mol. The zero-order chi connectivity index (χ0) is 71.5. The fraction of sp³-hybridized carbons (Fsp3) is 0.927. The molecule has 0 radical (unpaired) electrons. The lowest BCUT2D eigenvalue weighted by atomic mass is 9.68. The highest BCUT2D eigenvalue weighted by Gasteiger charge is 2.48. The molecule has 0 amide bonds. The molecule has 12 nitrogen and oxygen atoms in total. The van der Waals surface area contributed by atoms with E-state index in [0.717, 1.165) is 148 Å². The van der Waals surface area contributed by atoms with E-state index in [4.69, 9.17) is 28.4 Å². The van der Waals surface area contributed by atoms with E-state index in [1.54, 1.807) is 0 Å². The summed E-state index contributed by atoms with van der Waals surface area (Å²) in [5, 5.41) is 0. The van der Waals surface area contributed by atoms with Crippen molar-refractivity contribution in [3.05, 3.63) is 0 Å². The van der Waals surface area contributed by atoms with E-state index in [0.29, 0.717) is 0 Å². The zero-order valence-corrected chi connectivity index (χ0v) is 65.7. The van der Waals surface area contributed by atoms with Crippen LogP contribution in [-0.2, 0) is 57.2 Å². The second-order valence-electron chi connectivity index (χ2n) is 32.9. The molecule has 0 spiro atoms. The van der Waals surface area contributed by atoms with Crippen LogP contribution in [0.4, 0.5) is 0 Å². The molecule has 552 valence electrons. The van der Waals surface area contributed by atoms with Gasteiger partial charge in [0, 0.05) is 5.41 Å². The third-order valence-corrected chi connectivity index (χ3v) is 23.1. The summed E-state index contributed by atoms with van der Waals surface area (Å²) in [7, 11) is 0. The van der Waals surface area contributed by atoms with Gasteiger partial charge in [0.1, 0.15) is 33.6 Å². The lowest BCUT2D eigenvalue weighted by Crippen LogP contribution is -2.50. The third-order valence-electron chi connectivity index (χ3n) is 23.1. The second kappa shape index (κ2) is 43.4. The quantitative estimate of drug-likeness (QED) is 0.0567. The van der Waals surface area contributed by atoms with E-state index in [1.165, 1.54) is 116 Å². The lowest BCUT2D eigenvalue weighted by molar-refractivity contribution is -0.190. The lowest BCUT2D eigenvalue weighted by Gasteiger charge is -2.47. The van der Waals surface area contributed by atoms with Crippen LogP contribution in [0.3, 0.4) is 0 Å². The Morgan fingerprint density at radius 1 is 0.330 bits per heavy atom. The van der Waals surface area contributed by atoms with Gasteiger partial charge < -0.3 is 28.4 Å². The second-order valence-corrected chi connectivity index (χ2v) is 32.9. The molecule has 6 rings (SSSR count). The molecular weight excluding hydrogens is 1180 g/mol. The standard InChI is InChI=1S/2C16H30O2.C14H26O2.C13H24O2.C12H22O2.C11H20O2/c1-7-15(5,6)13(17)18-16(14(2,3)4)11-9-8-10-12-16;1-5-7-11-16(12-9-8-10-13-16)18-14(17)15(3,4)6-2;1-4-6-9-14(10-7-8-11-14)16-13(15)12(3)5-2;1-4-8-13(9-6-7-10-13)15-12(14)11(3)5-2;1-4-10(3)11(13)14-12(5-2)8-6-7-9-12;1-4-9(2)10(12)13-11(3)7-5-6-8-11/h7-12H2,1-6H3;5-13H2,1-4H3;12H,4-11H2,1-3H3;11H,4-10H2,1-3H3;10H,4-9H2,1-3H3;9H,4-8H2,1-3H3. The minimum absolute atomic E-state index is 0.00278. The number of esters is 6. The Balaban J connectivity index is 0.000000566. The topological polar surface area (TPSA) is 158 Å². The van der Waals surface area contributed by atoms with Crippen molar-refractivity contribution in [2.45, 2.75) is 449 Å². The number of carbonyl (C=O) groups excluding carboxylic acids is 6. The number of ether oxygens (including phenoxy) is 6. The SMILES string of the molecule is CCC(C)(C)C(=O)OC1(C(C)(C)C)CCCCC1.CCC(C)C(=O)OC1(C)CCCC1.CCC(C)C(=O)OC1(CC)CCCC1.CCCC1(OC(=O)C(C)CC)CCCC1.CCCCC1(OC(=O)C(C)(C)CC)CCCCC1.CCCCC1(OC(=O)C(C)CC)CCCC1. The molecule has 12 heteroatoms. The van der Waals surface area contributed by atoms with Crippen LogP contribution in [-0.4, -0.2) is 69.4 Å². The Bertz CT molecular complexity index is 2110. The fourth-order valence-electron chi connectivity index (χ4n) is 13.7. The maximum absolute atomic E-state index is 12.4. The van der Waals surface area contributed by atoms with Crippen LogP contribution in [0.5, 0.6) is 0 Å². The van der Waals surface area contributed by atoms with Crippen LogP contribution in [0.1, 0.15) is 416 Å². The molecule has 0 aliphatic heterocycles. The van der Waals surface area contributed by atoms with E-state index >= 15 is 0 Å². The minimum Gasteiger partial charge on any atom is -0.459 e. The zero-order valence-electron chi connectivity index (χ0n) is 65.7. The molecule has 4 atom stereocenters. The van der Waals surface area contributed by atoms with Gasteiger partial charge in [-0.2, -0.15) is 0 Å². The van der Waals surface area contributed by atoms with Gasteiger partial charge in [0.15, 0.2) is 0 Å². The van der Waals surface area contributed by atoms with Crippen molar-refractivity contribution in [3.8, 4) is 0 Å². The summed E-state index contributed by atoms with van der Waals surface area (Å²) in [5.74, 6) is 0.191. The Morgan fingerprint density at radius 2 is 0.606 bits per heavy atom. The largest absolute Gasteiger partial charge is 0.459 e. The number of carbonyl (C=O) groups is 6. The number of hydrogen-bond acceptors (Lipinski definition) is 12. The number of rotatable bonds is 27. The summed E-state index contributed by atoms with van der Waals surface area (Å²) in [4.78, 5) is 71.6. The van der Waals surface area contributed by atoms with Gasteiger partial charge in [-0.1, -0.05) is 150 Å². The maximum Gasteiger partial charge on any atom is 0.312 e. The van der Waals surface area contributed by atoms with E-state index in [-0.39, 0.29) is 109 Å². The molecule has 0 aromatic rings. The van der Waals surface area contributed by atoms with Crippen molar-refractivity contribution in [2.75, 3.05) is 0 Å². The smallest absolute Gasteiger partial charge is 0.312 e. The van der Waals surface area contributed by atoms with Gasteiger partial charge in [0.25, 0.3) is 0 Å². The Morgan fingerprint density at radius 3 is 0.915 bits per heavy atom. The Hall–Kier alpha value is -3.18. The van der Waals surface area contributed by atoms with Gasteiger partial charge >= 0.3 is 35.8 Å². The van der Waals surface area contributed by atoms with Gasteiger partial charge in [-0.3, -0.25) is 28.8 Å². The average molecular weight is 1330 g/mol. The van der Waals surface area contributed by atoms with Crippen molar-refractivity contribution >= 4 is 35.8 Å². The Kier molecular flexibility index (Phi) is 41.0. The van der Waals surface area contributed by atoms with E-state index < -0.39 is 0 Å². The molecular formula is C82H152O12. The molecule has 6 fully saturated rings. The van der Waals surface area contributed by atoms with Crippen molar-refractivity contribution in [1.82, 2.24) is 0 Å². The van der Waals surface area contributed by atoms with Gasteiger partial charge in [0.2, 0.25) is 0 Å². The highest BCUT2D eigenvalue weighted by atomic mass is 16.6. The average Bonchev–Trinajstić information content (AvgIpc) is 1.20. The number of unbranched alkanes of at least 4 members (excludes halogenated alkanes) is 2. The van der Waals surface area contributed by atoms with Crippen molar-refractivity contribution in [3.63, 3.8) is 0 Å². The molecule has 0 aromatic carbocycles. The van der Waals surface area contributed by atoms with Crippen LogP contribution in [0.25, 0.3) is 0 Å². The van der Waals surface area contributed by atoms with Crippen LogP contribution in [0.15, 0.2) is 0 Å². The highest BCUT2D eigenvalue weighted by Crippen LogP contribution is 2.47. The van der Waals surface area contributed by atoms with Crippen molar-refractivity contribution < 1.29 is 57.2 Å². The maximum atomic E-state index is 12.4. The summed E-state index contributed by atoms with van der Waals surface area (Å²) in [6.45, 7) is 45.3. The van der Waals surface area contributed by atoms with Crippen LogP contribution in [0.2, 0.25) is 0 Å². The molecule has 6 saturated carbocycles. The normalized spacial score (nSPS) is 21.0. The highest BCUT2D eigenvalue weighted by molar-refractivity contribution is 5.77. The first kappa shape index (κ1) is 88.8. The first-order chi connectivity index (χ1) is 44.1. The molecule has 0 aromatic heterocycles. The van der Waals surface area contributed by atoms with Crippen LogP contribution in [0, 0.1) is 39.9 Å². The van der Waals surface area contributed by atoms with Gasteiger partial charge in [0.05, 0.1) is 34.5 Å². The summed E-state index contributed by atoms with van der Waals surface area (Å²) in [6.07, 6.45) is 44.8. The van der Waals surface area contributed by atoms with Crippen molar-refractivity contribution in [1.29, 1.82) is 0 Å². The molecule has 0 heterocycles. The molecule has 6 aliphatic carbocycles. The van der Waals surface area contributed by atoms with Gasteiger partial charge in [-0.25, -0.2) is 0 Å². The first-order valence-corrected chi connectivity index (χ1v) is 39.5. The predicted molar refractivity (Wildman–Crippen MR) is 388 cm³/mol. The van der Waals surface area contributed by atoms with Crippen LogP contribution < -0.4 is 0 Å². The molecule has 94 heavy (non-hydrogen) atoms. The molecule has 4 unspecified atom stereocenters. The fourth-order valence-corrected chi connectivity index (χ4v) is 13.7. The summed E-state index contributed by atoms with van der Waals surface area (Å²) < 4.78 is 34.8. The van der Waals surface area contributed by atoms with E-state index in [2.05, 4.69) is 62.3 Å². The van der Waals surface area contributed by atoms with Gasteiger partial charge in [-0.15, -0.1) is 0 Å². The van der Waals surface area contributed by atoms with Crippen molar-refractivity contribution in [2.24, 2.45) is 39.9 Å². The predicted octanol–water partition coefficient (Wildman–Crippen LogP) is 23.5. The van der Waals surface area contributed by atoms with E-state index in [1.807, 2.05) is 90.0 Å².